The van der Waals surface area contributed by atoms with Gasteiger partial charge in [-0.1, -0.05) is 35.3 Å². The Morgan fingerprint density at radius 1 is 1.41 bits per heavy atom. The molecule has 1 aliphatic rings. The fourth-order valence-corrected chi connectivity index (χ4v) is 5.05. The van der Waals surface area contributed by atoms with Crippen LogP contribution in [0.2, 0.25) is 10.0 Å². The molecule has 1 aromatic carbocycles. The third-order valence-corrected chi connectivity index (χ3v) is 5.98. The van der Waals surface area contributed by atoms with Crippen molar-refractivity contribution in [2.45, 2.75) is 5.37 Å². The normalized spacial score (nSPS) is 21.9. The van der Waals surface area contributed by atoms with Crippen LogP contribution in [0.1, 0.15) is 10.9 Å². The molecule has 0 radical (unpaired) electrons. The van der Waals surface area contributed by atoms with Gasteiger partial charge in [-0.05, 0) is 6.07 Å². The summed E-state index contributed by atoms with van der Waals surface area (Å²) in [7, 11) is -3.22. The lowest BCUT2D eigenvalue weighted by Gasteiger charge is -2.22. The highest BCUT2D eigenvalue weighted by Gasteiger charge is 2.34. The van der Waals surface area contributed by atoms with Crippen LogP contribution >= 0.6 is 35.0 Å². The molecule has 1 atom stereocenters. The molecule has 0 aliphatic carbocycles. The van der Waals surface area contributed by atoms with Gasteiger partial charge in [-0.2, -0.15) is 4.31 Å². The van der Waals surface area contributed by atoms with Crippen LogP contribution in [-0.2, 0) is 10.0 Å². The Morgan fingerprint density at radius 3 is 2.76 bits per heavy atom. The molecule has 2 rings (SSSR count). The minimum absolute atomic E-state index is 0.267. The number of benzene rings is 1. The smallest absolute Gasteiger partial charge is 0.212 e. The van der Waals surface area contributed by atoms with Gasteiger partial charge in [0.15, 0.2) is 0 Å². The Morgan fingerprint density at radius 2 is 2.12 bits per heavy atom. The van der Waals surface area contributed by atoms with Crippen LogP contribution in [0.3, 0.4) is 0 Å². The summed E-state index contributed by atoms with van der Waals surface area (Å²) in [6.45, 7) is 0.511. The first kappa shape index (κ1) is 13.5. The summed E-state index contributed by atoms with van der Waals surface area (Å²) in [6, 6.07) is 5.29. The van der Waals surface area contributed by atoms with E-state index in [4.69, 9.17) is 23.2 Å². The van der Waals surface area contributed by atoms with E-state index in [1.807, 2.05) is 6.07 Å². The molecule has 0 amide bonds. The molecule has 1 fully saturated rings. The molecule has 7 heteroatoms. The summed E-state index contributed by atoms with van der Waals surface area (Å²) in [6.07, 6.45) is 1.21. The third kappa shape index (κ3) is 2.74. The lowest BCUT2D eigenvalue weighted by Crippen LogP contribution is -2.29. The van der Waals surface area contributed by atoms with E-state index >= 15 is 0 Å². The average Bonchev–Trinajstić information content (AvgIpc) is 2.70. The topological polar surface area (TPSA) is 37.4 Å². The standard InChI is InChI=1S/C10H11Cl2NO2S2/c1-17(14,15)13-5-6-16-10(13)7-3-2-4-8(11)9(7)12/h2-4,10H,5-6H2,1H3/t10-/m0/s1. The molecular formula is C10H11Cl2NO2S2. The maximum atomic E-state index is 11.7. The number of halogens is 2. The monoisotopic (exact) mass is 311 g/mol. The maximum Gasteiger partial charge on any atom is 0.212 e. The number of hydrogen-bond acceptors (Lipinski definition) is 3. The van der Waals surface area contributed by atoms with Crippen LogP contribution in [0.15, 0.2) is 18.2 Å². The molecule has 1 heterocycles. The molecule has 0 saturated carbocycles. The van der Waals surface area contributed by atoms with Crippen molar-refractivity contribution in [2.75, 3.05) is 18.6 Å². The molecular weight excluding hydrogens is 301 g/mol. The first-order chi connectivity index (χ1) is 7.91. The highest BCUT2D eigenvalue weighted by atomic mass is 35.5. The van der Waals surface area contributed by atoms with E-state index in [9.17, 15) is 8.42 Å². The van der Waals surface area contributed by atoms with Crippen molar-refractivity contribution in [1.82, 2.24) is 4.31 Å². The summed E-state index contributed by atoms with van der Waals surface area (Å²) >= 11 is 13.6. The number of hydrogen-bond donors (Lipinski definition) is 0. The van der Waals surface area contributed by atoms with Crippen molar-refractivity contribution in [3.05, 3.63) is 33.8 Å². The zero-order valence-electron chi connectivity index (χ0n) is 9.06. The van der Waals surface area contributed by atoms with Gasteiger partial charge < -0.3 is 0 Å². The summed E-state index contributed by atoms with van der Waals surface area (Å²) in [5.41, 5.74) is 0.757. The summed E-state index contributed by atoms with van der Waals surface area (Å²) < 4.78 is 24.8. The predicted octanol–water partition coefficient (Wildman–Crippen LogP) is 3.00. The molecule has 17 heavy (non-hydrogen) atoms. The second-order valence-corrected chi connectivity index (χ2v) is 7.65. The predicted molar refractivity (Wildman–Crippen MR) is 73.2 cm³/mol. The first-order valence-electron chi connectivity index (χ1n) is 4.93. The number of sulfonamides is 1. The van der Waals surface area contributed by atoms with Crippen LogP contribution in [0.5, 0.6) is 0 Å². The molecule has 0 aromatic heterocycles. The quantitative estimate of drug-likeness (QED) is 0.842. The van der Waals surface area contributed by atoms with Gasteiger partial charge in [0.25, 0.3) is 0 Å². The van der Waals surface area contributed by atoms with Crippen molar-refractivity contribution in [2.24, 2.45) is 0 Å². The first-order valence-corrected chi connectivity index (χ1v) is 8.59. The second-order valence-electron chi connectivity index (χ2n) is 3.74. The minimum Gasteiger partial charge on any atom is -0.212 e. The Balaban J connectivity index is 2.43. The Hall–Kier alpha value is 0.0600. The van der Waals surface area contributed by atoms with Gasteiger partial charge in [0, 0.05) is 17.9 Å². The van der Waals surface area contributed by atoms with Crippen LogP contribution < -0.4 is 0 Å². The van der Waals surface area contributed by atoms with E-state index in [1.165, 1.54) is 10.6 Å². The minimum atomic E-state index is -3.22. The Labute approximate surface area is 115 Å². The molecule has 0 N–H and O–H groups in total. The summed E-state index contributed by atoms with van der Waals surface area (Å²) in [4.78, 5) is 0. The van der Waals surface area contributed by atoms with Gasteiger partial charge in [0.1, 0.15) is 0 Å². The van der Waals surface area contributed by atoms with Crippen LogP contribution in [0.25, 0.3) is 0 Å². The van der Waals surface area contributed by atoms with Gasteiger partial charge >= 0.3 is 0 Å². The molecule has 1 aliphatic heterocycles. The average molecular weight is 312 g/mol. The largest absolute Gasteiger partial charge is 0.212 e. The SMILES string of the molecule is CS(=O)(=O)N1CCS[C@H]1c1cccc(Cl)c1Cl. The van der Waals surface area contributed by atoms with Crippen molar-refractivity contribution in [3.8, 4) is 0 Å². The van der Waals surface area contributed by atoms with Gasteiger partial charge in [-0.3, -0.25) is 0 Å². The third-order valence-electron chi connectivity index (χ3n) is 2.52. The zero-order chi connectivity index (χ0) is 12.6. The van der Waals surface area contributed by atoms with Crippen LogP contribution in [0, 0.1) is 0 Å². The summed E-state index contributed by atoms with van der Waals surface area (Å²) in [5.74, 6) is 0.764. The molecule has 1 aromatic rings. The Bertz CT molecular complexity index is 533. The highest BCUT2D eigenvalue weighted by Crippen LogP contribution is 2.43. The summed E-state index contributed by atoms with van der Waals surface area (Å²) in [5, 5.41) is 0.614. The molecule has 94 valence electrons. The van der Waals surface area contributed by atoms with Gasteiger partial charge in [0.2, 0.25) is 10.0 Å². The number of nitrogens with zero attached hydrogens (tertiary/aromatic N) is 1. The van der Waals surface area contributed by atoms with E-state index in [0.717, 1.165) is 11.3 Å². The van der Waals surface area contributed by atoms with Gasteiger partial charge in [-0.25, -0.2) is 8.42 Å². The van der Waals surface area contributed by atoms with E-state index < -0.39 is 10.0 Å². The zero-order valence-corrected chi connectivity index (χ0v) is 12.2. The van der Waals surface area contributed by atoms with Crippen molar-refractivity contribution in [1.29, 1.82) is 0 Å². The second kappa shape index (κ2) is 4.97. The molecule has 1 saturated heterocycles. The highest BCUT2D eigenvalue weighted by molar-refractivity contribution is 8.00. The van der Waals surface area contributed by atoms with E-state index in [-0.39, 0.29) is 5.37 Å². The lowest BCUT2D eigenvalue weighted by molar-refractivity contribution is 0.439. The van der Waals surface area contributed by atoms with Crippen LogP contribution in [-0.4, -0.2) is 31.3 Å². The van der Waals surface area contributed by atoms with Crippen LogP contribution in [0.4, 0.5) is 0 Å². The molecule has 3 nitrogen and oxygen atoms in total. The Kier molecular flexibility index (Phi) is 3.95. The van der Waals surface area contributed by atoms with Crippen molar-refractivity contribution >= 4 is 45.0 Å². The fraction of sp³-hybridized carbons (Fsp3) is 0.400. The number of thioether (sulfide) groups is 1. The number of rotatable bonds is 2. The van der Waals surface area contributed by atoms with E-state index in [1.54, 1.807) is 23.9 Å². The van der Waals surface area contributed by atoms with Crippen molar-refractivity contribution < 1.29 is 8.42 Å². The van der Waals surface area contributed by atoms with Crippen molar-refractivity contribution in [3.63, 3.8) is 0 Å². The van der Waals surface area contributed by atoms with E-state index in [0.29, 0.717) is 16.6 Å². The van der Waals surface area contributed by atoms with Gasteiger partial charge in [-0.15, -0.1) is 11.8 Å². The van der Waals surface area contributed by atoms with Gasteiger partial charge in [0.05, 0.1) is 21.7 Å². The maximum absolute atomic E-state index is 11.7. The fourth-order valence-electron chi connectivity index (χ4n) is 1.75. The molecule has 0 bridgehead atoms. The lowest BCUT2D eigenvalue weighted by atomic mass is 10.2. The molecule has 0 unspecified atom stereocenters. The molecule has 0 spiro atoms. The van der Waals surface area contributed by atoms with E-state index in [2.05, 4.69) is 0 Å².